The standard InChI is InChI=1S/C18H23N3O2/c1-21(13-14-12-19-10-11-20-14)16-8-5-9-17(18(16)22)23-15-6-3-2-4-7-15/h2-4,6-7,10-12,16-18,22H,5,8-9,13H2,1H3/t16-,17+,18+/m1/s1. The molecule has 5 heteroatoms. The molecular formula is C18H23N3O2. The van der Waals surface area contributed by atoms with Crippen LogP contribution in [0.5, 0.6) is 5.75 Å². The Kier molecular flexibility index (Phi) is 5.20. The van der Waals surface area contributed by atoms with Gasteiger partial charge in [0, 0.05) is 31.2 Å². The van der Waals surface area contributed by atoms with Crippen LogP contribution in [0, 0.1) is 0 Å². The zero-order valence-corrected chi connectivity index (χ0v) is 13.4. The summed E-state index contributed by atoms with van der Waals surface area (Å²) >= 11 is 0. The average molecular weight is 313 g/mol. The first kappa shape index (κ1) is 15.9. The summed E-state index contributed by atoms with van der Waals surface area (Å²) in [6, 6.07) is 9.78. The second-order valence-electron chi connectivity index (χ2n) is 6.07. The summed E-state index contributed by atoms with van der Waals surface area (Å²) in [6.45, 7) is 0.674. The fraction of sp³-hybridized carbons (Fsp3) is 0.444. The third-order valence-electron chi connectivity index (χ3n) is 4.39. The lowest BCUT2D eigenvalue weighted by molar-refractivity contribution is -0.0494. The molecule has 3 rings (SSSR count). The highest BCUT2D eigenvalue weighted by molar-refractivity contribution is 5.21. The van der Waals surface area contributed by atoms with Gasteiger partial charge in [-0.15, -0.1) is 0 Å². The van der Waals surface area contributed by atoms with Crippen molar-refractivity contribution in [3.05, 3.63) is 54.6 Å². The Morgan fingerprint density at radius 2 is 2.04 bits per heavy atom. The first-order valence-electron chi connectivity index (χ1n) is 8.09. The molecule has 0 spiro atoms. The number of benzene rings is 1. The predicted molar refractivity (Wildman–Crippen MR) is 88.0 cm³/mol. The number of hydrogen-bond donors (Lipinski definition) is 1. The zero-order valence-electron chi connectivity index (χ0n) is 13.4. The Bertz CT molecular complexity index is 594. The molecule has 23 heavy (non-hydrogen) atoms. The fourth-order valence-electron chi connectivity index (χ4n) is 3.19. The van der Waals surface area contributed by atoms with Crippen molar-refractivity contribution in [1.82, 2.24) is 14.9 Å². The molecule has 2 aromatic rings. The van der Waals surface area contributed by atoms with Gasteiger partial charge in [0.1, 0.15) is 18.0 Å². The Morgan fingerprint density at radius 3 is 2.78 bits per heavy atom. The number of rotatable bonds is 5. The van der Waals surface area contributed by atoms with Crippen LogP contribution in [0.1, 0.15) is 25.0 Å². The second-order valence-corrected chi connectivity index (χ2v) is 6.07. The third-order valence-corrected chi connectivity index (χ3v) is 4.39. The lowest BCUT2D eigenvalue weighted by Crippen LogP contribution is -2.51. The SMILES string of the molecule is CN(Cc1cnccn1)[C@@H]1CCC[C@H](Oc2ccccc2)[C@H]1O. The molecule has 1 aromatic carbocycles. The minimum absolute atomic E-state index is 0.0690. The van der Waals surface area contributed by atoms with Crippen molar-refractivity contribution in [2.24, 2.45) is 0 Å². The lowest BCUT2D eigenvalue weighted by atomic mass is 9.89. The Hall–Kier alpha value is -1.98. The Labute approximate surface area is 137 Å². The van der Waals surface area contributed by atoms with Gasteiger partial charge in [-0.2, -0.15) is 0 Å². The highest BCUT2D eigenvalue weighted by Crippen LogP contribution is 2.27. The van der Waals surface area contributed by atoms with Crippen molar-refractivity contribution < 1.29 is 9.84 Å². The van der Waals surface area contributed by atoms with Gasteiger partial charge in [-0.1, -0.05) is 18.2 Å². The highest BCUT2D eigenvalue weighted by Gasteiger charge is 2.35. The van der Waals surface area contributed by atoms with Gasteiger partial charge in [0.15, 0.2) is 0 Å². The van der Waals surface area contributed by atoms with Crippen LogP contribution in [0.15, 0.2) is 48.9 Å². The summed E-state index contributed by atoms with van der Waals surface area (Å²) in [4.78, 5) is 10.6. The average Bonchev–Trinajstić information content (AvgIpc) is 2.58. The van der Waals surface area contributed by atoms with Crippen LogP contribution in [0.4, 0.5) is 0 Å². The van der Waals surface area contributed by atoms with E-state index in [1.165, 1.54) is 0 Å². The number of aliphatic hydroxyl groups is 1. The van der Waals surface area contributed by atoms with E-state index < -0.39 is 6.10 Å². The van der Waals surface area contributed by atoms with E-state index in [0.717, 1.165) is 30.7 Å². The molecule has 0 saturated heterocycles. The summed E-state index contributed by atoms with van der Waals surface area (Å²) in [5, 5.41) is 10.7. The van der Waals surface area contributed by atoms with E-state index in [9.17, 15) is 5.11 Å². The molecule has 0 amide bonds. The summed E-state index contributed by atoms with van der Waals surface area (Å²) in [5.74, 6) is 0.814. The normalized spacial score (nSPS) is 24.6. The van der Waals surface area contributed by atoms with Crippen LogP contribution in [0.2, 0.25) is 0 Å². The molecule has 3 atom stereocenters. The minimum atomic E-state index is -0.509. The van der Waals surface area contributed by atoms with Crippen LogP contribution in [-0.2, 0) is 6.54 Å². The van der Waals surface area contributed by atoms with E-state index in [1.54, 1.807) is 18.6 Å². The summed E-state index contributed by atoms with van der Waals surface area (Å²) in [5.41, 5.74) is 0.910. The van der Waals surface area contributed by atoms with Gasteiger partial charge in [0.25, 0.3) is 0 Å². The number of para-hydroxylation sites is 1. The largest absolute Gasteiger partial charge is 0.488 e. The van der Waals surface area contributed by atoms with Gasteiger partial charge in [-0.3, -0.25) is 14.9 Å². The van der Waals surface area contributed by atoms with Crippen molar-refractivity contribution in [2.45, 2.75) is 44.1 Å². The lowest BCUT2D eigenvalue weighted by Gasteiger charge is -2.39. The number of aromatic nitrogens is 2. The molecule has 1 aliphatic carbocycles. The van der Waals surface area contributed by atoms with Gasteiger partial charge >= 0.3 is 0 Å². The number of hydrogen-bond acceptors (Lipinski definition) is 5. The van der Waals surface area contributed by atoms with Gasteiger partial charge in [-0.05, 0) is 38.4 Å². The molecule has 1 fully saturated rings. The third kappa shape index (κ3) is 4.06. The van der Waals surface area contributed by atoms with Crippen LogP contribution < -0.4 is 4.74 Å². The van der Waals surface area contributed by atoms with Crippen molar-refractivity contribution in [3.63, 3.8) is 0 Å². The minimum Gasteiger partial charge on any atom is -0.488 e. The highest BCUT2D eigenvalue weighted by atomic mass is 16.5. The summed E-state index contributed by atoms with van der Waals surface area (Å²) in [7, 11) is 2.02. The zero-order chi connectivity index (χ0) is 16.1. The van der Waals surface area contributed by atoms with E-state index >= 15 is 0 Å². The van der Waals surface area contributed by atoms with Crippen LogP contribution >= 0.6 is 0 Å². The summed E-state index contributed by atoms with van der Waals surface area (Å²) < 4.78 is 5.99. The predicted octanol–water partition coefficient (Wildman–Crippen LogP) is 2.27. The van der Waals surface area contributed by atoms with Crippen molar-refractivity contribution in [2.75, 3.05) is 7.05 Å². The Balaban J connectivity index is 1.63. The van der Waals surface area contributed by atoms with Crippen molar-refractivity contribution in [1.29, 1.82) is 0 Å². The van der Waals surface area contributed by atoms with E-state index in [4.69, 9.17) is 4.74 Å². The molecule has 1 N–H and O–H groups in total. The molecular weight excluding hydrogens is 290 g/mol. The quantitative estimate of drug-likeness (QED) is 0.917. The monoisotopic (exact) mass is 313 g/mol. The number of aliphatic hydroxyl groups excluding tert-OH is 1. The van der Waals surface area contributed by atoms with E-state index in [2.05, 4.69) is 14.9 Å². The van der Waals surface area contributed by atoms with Crippen molar-refractivity contribution in [3.8, 4) is 5.75 Å². The second kappa shape index (κ2) is 7.53. The van der Waals surface area contributed by atoms with Crippen LogP contribution in [0.25, 0.3) is 0 Å². The number of ether oxygens (including phenoxy) is 1. The van der Waals surface area contributed by atoms with Crippen LogP contribution in [0.3, 0.4) is 0 Å². The van der Waals surface area contributed by atoms with Gasteiger partial charge in [0.05, 0.1) is 5.69 Å². The first-order valence-corrected chi connectivity index (χ1v) is 8.09. The van der Waals surface area contributed by atoms with Gasteiger partial charge in [0.2, 0.25) is 0 Å². The first-order chi connectivity index (χ1) is 11.2. The van der Waals surface area contributed by atoms with Crippen LogP contribution in [-0.4, -0.2) is 45.3 Å². The molecule has 1 aliphatic rings. The number of nitrogens with zero attached hydrogens (tertiary/aromatic N) is 3. The topological polar surface area (TPSA) is 58.5 Å². The Morgan fingerprint density at radius 1 is 1.22 bits per heavy atom. The maximum Gasteiger partial charge on any atom is 0.126 e. The molecule has 0 radical (unpaired) electrons. The molecule has 122 valence electrons. The molecule has 1 heterocycles. The maximum atomic E-state index is 10.7. The number of likely N-dealkylation sites (N-methyl/N-ethyl adjacent to an activating group) is 1. The van der Waals surface area contributed by atoms with Gasteiger partial charge < -0.3 is 9.84 Å². The molecule has 0 unspecified atom stereocenters. The molecule has 1 aromatic heterocycles. The van der Waals surface area contributed by atoms with E-state index in [-0.39, 0.29) is 12.1 Å². The smallest absolute Gasteiger partial charge is 0.126 e. The molecule has 0 aliphatic heterocycles. The molecule has 1 saturated carbocycles. The maximum absolute atomic E-state index is 10.7. The van der Waals surface area contributed by atoms with Crippen molar-refractivity contribution >= 4 is 0 Å². The van der Waals surface area contributed by atoms with E-state index in [0.29, 0.717) is 6.54 Å². The molecule has 0 bridgehead atoms. The summed E-state index contributed by atoms with van der Waals surface area (Å²) in [6.07, 6.45) is 7.35. The van der Waals surface area contributed by atoms with Gasteiger partial charge in [-0.25, -0.2) is 0 Å². The van der Waals surface area contributed by atoms with E-state index in [1.807, 2.05) is 37.4 Å². The fourth-order valence-corrected chi connectivity index (χ4v) is 3.19. The molecule has 5 nitrogen and oxygen atoms in total.